The molecule has 0 spiro atoms. The van der Waals surface area contributed by atoms with E-state index in [1.807, 2.05) is 25.1 Å². The number of piperazine rings is 1. The SMILES string of the molecule is Cc1nsc(N2CCN(Cc3cccc(C(=O)N(C)C)c3)CC2)c1C#N. The molecule has 1 saturated heterocycles. The normalized spacial score (nSPS) is 14.9. The molecular formula is C19H23N5OS. The Morgan fingerprint density at radius 3 is 2.69 bits per heavy atom. The number of carbonyl (C=O) groups is 1. The number of benzene rings is 1. The molecule has 1 amide bonds. The van der Waals surface area contributed by atoms with Crippen molar-refractivity contribution >= 4 is 22.4 Å². The number of rotatable bonds is 4. The Morgan fingerprint density at radius 1 is 1.31 bits per heavy atom. The van der Waals surface area contributed by atoms with E-state index in [-0.39, 0.29) is 5.91 Å². The van der Waals surface area contributed by atoms with Crippen molar-refractivity contribution in [3.05, 3.63) is 46.6 Å². The van der Waals surface area contributed by atoms with Gasteiger partial charge in [-0.05, 0) is 36.2 Å². The van der Waals surface area contributed by atoms with Crippen LogP contribution in [0.2, 0.25) is 0 Å². The summed E-state index contributed by atoms with van der Waals surface area (Å²) in [5.41, 5.74) is 3.40. The van der Waals surface area contributed by atoms with Crippen LogP contribution < -0.4 is 4.90 Å². The number of carbonyl (C=O) groups excluding carboxylic acids is 1. The quantitative estimate of drug-likeness (QED) is 0.828. The maximum absolute atomic E-state index is 12.1. The highest BCUT2D eigenvalue weighted by Gasteiger charge is 2.22. The first-order valence-corrected chi connectivity index (χ1v) is 9.41. The lowest BCUT2D eigenvalue weighted by Crippen LogP contribution is -2.45. The Morgan fingerprint density at radius 2 is 2.04 bits per heavy atom. The van der Waals surface area contributed by atoms with Gasteiger partial charge in [0.2, 0.25) is 0 Å². The Labute approximate surface area is 158 Å². The number of hydrogen-bond donors (Lipinski definition) is 0. The first-order valence-electron chi connectivity index (χ1n) is 8.64. The van der Waals surface area contributed by atoms with E-state index < -0.39 is 0 Å². The first kappa shape index (κ1) is 18.4. The highest BCUT2D eigenvalue weighted by Crippen LogP contribution is 2.28. The third kappa shape index (κ3) is 3.87. The summed E-state index contributed by atoms with van der Waals surface area (Å²) in [7, 11) is 3.54. The number of nitrogens with zero attached hydrogens (tertiary/aromatic N) is 5. The van der Waals surface area contributed by atoms with Crippen LogP contribution in [0.1, 0.15) is 27.2 Å². The second-order valence-corrected chi connectivity index (χ2v) is 7.47. The van der Waals surface area contributed by atoms with E-state index in [0.29, 0.717) is 5.56 Å². The fourth-order valence-corrected chi connectivity index (χ4v) is 4.03. The lowest BCUT2D eigenvalue weighted by molar-refractivity contribution is 0.0827. The van der Waals surface area contributed by atoms with E-state index in [0.717, 1.165) is 54.5 Å². The van der Waals surface area contributed by atoms with Crippen LogP contribution in [0.15, 0.2) is 24.3 Å². The van der Waals surface area contributed by atoms with Crippen molar-refractivity contribution in [2.75, 3.05) is 45.2 Å². The van der Waals surface area contributed by atoms with Gasteiger partial charge < -0.3 is 9.80 Å². The predicted octanol–water partition coefficient (Wildman–Crippen LogP) is 2.35. The van der Waals surface area contributed by atoms with Crippen LogP contribution in [0.4, 0.5) is 5.00 Å². The smallest absolute Gasteiger partial charge is 0.253 e. The number of aromatic nitrogens is 1. The van der Waals surface area contributed by atoms with Crippen LogP contribution in [0.5, 0.6) is 0 Å². The topological polar surface area (TPSA) is 63.5 Å². The number of nitriles is 1. The molecule has 136 valence electrons. The van der Waals surface area contributed by atoms with Crippen LogP contribution in [0, 0.1) is 18.3 Å². The van der Waals surface area contributed by atoms with Crippen molar-refractivity contribution in [2.45, 2.75) is 13.5 Å². The van der Waals surface area contributed by atoms with Crippen molar-refractivity contribution in [3.63, 3.8) is 0 Å². The van der Waals surface area contributed by atoms with Gasteiger partial charge in [0.25, 0.3) is 5.91 Å². The molecule has 0 aliphatic carbocycles. The van der Waals surface area contributed by atoms with Gasteiger partial charge in [-0.15, -0.1) is 0 Å². The summed E-state index contributed by atoms with van der Waals surface area (Å²) >= 11 is 1.41. The fourth-order valence-electron chi connectivity index (χ4n) is 3.13. The molecule has 2 heterocycles. The van der Waals surface area contributed by atoms with Crippen LogP contribution in [-0.2, 0) is 6.54 Å². The minimum absolute atomic E-state index is 0.0290. The van der Waals surface area contributed by atoms with Crippen molar-refractivity contribution in [2.24, 2.45) is 0 Å². The number of hydrogen-bond acceptors (Lipinski definition) is 6. The molecule has 0 radical (unpaired) electrons. The third-order valence-electron chi connectivity index (χ3n) is 4.60. The van der Waals surface area contributed by atoms with Crippen LogP contribution >= 0.6 is 11.5 Å². The average molecular weight is 369 g/mol. The van der Waals surface area contributed by atoms with Crippen molar-refractivity contribution in [1.29, 1.82) is 5.26 Å². The van der Waals surface area contributed by atoms with Gasteiger partial charge in [0, 0.05) is 52.4 Å². The van der Waals surface area contributed by atoms with Gasteiger partial charge in [0.05, 0.1) is 5.69 Å². The van der Waals surface area contributed by atoms with E-state index in [1.165, 1.54) is 11.5 Å². The van der Waals surface area contributed by atoms with Crippen LogP contribution in [0.25, 0.3) is 0 Å². The lowest BCUT2D eigenvalue weighted by atomic mass is 10.1. The van der Waals surface area contributed by atoms with Crippen molar-refractivity contribution in [1.82, 2.24) is 14.2 Å². The van der Waals surface area contributed by atoms with Gasteiger partial charge in [-0.25, -0.2) is 0 Å². The van der Waals surface area contributed by atoms with Gasteiger partial charge in [-0.2, -0.15) is 9.64 Å². The molecule has 0 saturated carbocycles. The molecule has 1 aliphatic heterocycles. The van der Waals surface area contributed by atoms with Crippen LogP contribution in [-0.4, -0.2) is 60.4 Å². The predicted molar refractivity (Wildman–Crippen MR) is 104 cm³/mol. The zero-order valence-corrected chi connectivity index (χ0v) is 16.2. The van der Waals surface area contributed by atoms with Gasteiger partial charge >= 0.3 is 0 Å². The molecule has 6 nitrogen and oxygen atoms in total. The second-order valence-electron chi connectivity index (χ2n) is 6.72. The van der Waals surface area contributed by atoms with E-state index >= 15 is 0 Å². The number of aryl methyl sites for hydroxylation is 1. The maximum atomic E-state index is 12.1. The number of anilines is 1. The Hall–Kier alpha value is -2.43. The highest BCUT2D eigenvalue weighted by molar-refractivity contribution is 7.10. The Bertz CT molecular complexity index is 831. The molecule has 1 fully saturated rings. The molecule has 1 aliphatic rings. The zero-order chi connectivity index (χ0) is 18.7. The Balaban J connectivity index is 1.62. The molecule has 0 atom stereocenters. The molecule has 26 heavy (non-hydrogen) atoms. The summed E-state index contributed by atoms with van der Waals surface area (Å²) in [6, 6.07) is 10.1. The van der Waals surface area contributed by atoms with Crippen molar-refractivity contribution in [3.8, 4) is 6.07 Å². The lowest BCUT2D eigenvalue weighted by Gasteiger charge is -2.35. The highest BCUT2D eigenvalue weighted by atomic mass is 32.1. The summed E-state index contributed by atoms with van der Waals surface area (Å²) in [6.07, 6.45) is 0. The molecule has 1 aromatic heterocycles. The molecule has 0 bridgehead atoms. The fraction of sp³-hybridized carbons (Fsp3) is 0.421. The standard InChI is InChI=1S/C19H23N5OS/c1-14-17(12-20)19(26-21-14)24-9-7-23(8-10-24)13-15-5-4-6-16(11-15)18(25)22(2)3/h4-6,11H,7-10,13H2,1-3H3. The summed E-state index contributed by atoms with van der Waals surface area (Å²) < 4.78 is 4.32. The molecule has 1 aromatic carbocycles. The molecule has 0 unspecified atom stereocenters. The second kappa shape index (κ2) is 7.85. The van der Waals surface area contributed by atoms with E-state index in [4.69, 9.17) is 0 Å². The summed E-state index contributed by atoms with van der Waals surface area (Å²) in [5, 5.41) is 10.3. The van der Waals surface area contributed by atoms with E-state index in [2.05, 4.69) is 26.3 Å². The minimum Gasteiger partial charge on any atom is -0.359 e. The molecule has 7 heteroatoms. The number of amides is 1. The van der Waals surface area contributed by atoms with Gasteiger partial charge in [0.1, 0.15) is 16.6 Å². The average Bonchev–Trinajstić information content (AvgIpc) is 3.02. The molecule has 3 rings (SSSR count). The van der Waals surface area contributed by atoms with Gasteiger partial charge in [-0.3, -0.25) is 9.69 Å². The summed E-state index contributed by atoms with van der Waals surface area (Å²) in [6.45, 7) is 6.33. The first-order chi connectivity index (χ1) is 12.5. The zero-order valence-electron chi connectivity index (χ0n) is 15.4. The van der Waals surface area contributed by atoms with E-state index in [9.17, 15) is 10.1 Å². The third-order valence-corrected chi connectivity index (χ3v) is 5.60. The van der Waals surface area contributed by atoms with E-state index in [1.54, 1.807) is 19.0 Å². The molecular weight excluding hydrogens is 346 g/mol. The van der Waals surface area contributed by atoms with Crippen LogP contribution in [0.3, 0.4) is 0 Å². The minimum atomic E-state index is 0.0290. The molecule has 0 N–H and O–H groups in total. The van der Waals surface area contributed by atoms with Gasteiger partial charge in [0.15, 0.2) is 0 Å². The molecule has 2 aromatic rings. The largest absolute Gasteiger partial charge is 0.359 e. The monoisotopic (exact) mass is 369 g/mol. The van der Waals surface area contributed by atoms with Gasteiger partial charge in [-0.1, -0.05) is 12.1 Å². The maximum Gasteiger partial charge on any atom is 0.253 e. The summed E-state index contributed by atoms with van der Waals surface area (Å²) in [5.74, 6) is 0.0290. The Kier molecular flexibility index (Phi) is 5.55. The summed E-state index contributed by atoms with van der Waals surface area (Å²) in [4.78, 5) is 18.4. The van der Waals surface area contributed by atoms with Crippen molar-refractivity contribution < 1.29 is 4.79 Å².